The van der Waals surface area contributed by atoms with Crippen LogP contribution in [0.2, 0.25) is 0 Å². The maximum Gasteiger partial charge on any atom is 0.171 e. The van der Waals surface area contributed by atoms with Crippen molar-refractivity contribution >= 4 is 0 Å². The molecule has 70 valence electrons. The maximum atomic E-state index is 13.2. The SMILES string of the molecule is NC1CCC2(CC1F)OCCO2. The fourth-order valence-electron chi connectivity index (χ4n) is 1.88. The monoisotopic (exact) mass is 175 g/mol. The zero-order valence-corrected chi connectivity index (χ0v) is 6.96. The predicted octanol–water partition coefficient (Wildman–Crippen LogP) is 0.579. The van der Waals surface area contributed by atoms with Gasteiger partial charge in [0.2, 0.25) is 0 Å². The Morgan fingerprint density at radius 1 is 1.33 bits per heavy atom. The van der Waals surface area contributed by atoms with E-state index in [2.05, 4.69) is 0 Å². The van der Waals surface area contributed by atoms with Gasteiger partial charge in [-0.3, -0.25) is 0 Å². The van der Waals surface area contributed by atoms with Gasteiger partial charge in [-0.25, -0.2) is 4.39 Å². The summed E-state index contributed by atoms with van der Waals surface area (Å²) >= 11 is 0. The molecule has 4 heteroatoms. The molecule has 2 atom stereocenters. The highest BCUT2D eigenvalue weighted by atomic mass is 19.1. The van der Waals surface area contributed by atoms with Gasteiger partial charge in [0, 0.05) is 18.9 Å². The Hall–Kier alpha value is -0.190. The van der Waals surface area contributed by atoms with Gasteiger partial charge < -0.3 is 15.2 Å². The topological polar surface area (TPSA) is 44.5 Å². The summed E-state index contributed by atoms with van der Waals surface area (Å²) in [6.07, 6.45) is 0.709. The molecule has 0 radical (unpaired) electrons. The van der Waals surface area contributed by atoms with Crippen molar-refractivity contribution in [2.24, 2.45) is 5.73 Å². The van der Waals surface area contributed by atoms with Crippen molar-refractivity contribution in [2.45, 2.75) is 37.3 Å². The lowest BCUT2D eigenvalue weighted by molar-refractivity contribution is -0.190. The average Bonchev–Trinajstić information content (AvgIpc) is 2.47. The highest BCUT2D eigenvalue weighted by molar-refractivity contribution is 4.89. The number of hydrogen-bond donors (Lipinski definition) is 1. The van der Waals surface area contributed by atoms with Gasteiger partial charge >= 0.3 is 0 Å². The second kappa shape index (κ2) is 2.94. The van der Waals surface area contributed by atoms with Crippen LogP contribution in [0.25, 0.3) is 0 Å². The first-order valence-corrected chi connectivity index (χ1v) is 4.39. The van der Waals surface area contributed by atoms with Crippen LogP contribution < -0.4 is 5.73 Å². The molecule has 1 saturated heterocycles. The number of rotatable bonds is 0. The van der Waals surface area contributed by atoms with E-state index >= 15 is 0 Å². The van der Waals surface area contributed by atoms with Crippen molar-refractivity contribution in [3.8, 4) is 0 Å². The second-order valence-corrected chi connectivity index (χ2v) is 3.53. The van der Waals surface area contributed by atoms with Crippen molar-refractivity contribution in [1.29, 1.82) is 0 Å². The Bertz CT molecular complexity index is 170. The van der Waals surface area contributed by atoms with Crippen LogP contribution in [-0.4, -0.2) is 31.2 Å². The molecular weight excluding hydrogens is 161 g/mol. The first-order chi connectivity index (χ1) is 5.72. The predicted molar refractivity (Wildman–Crippen MR) is 41.4 cm³/mol. The summed E-state index contributed by atoms with van der Waals surface area (Å²) in [6.45, 7) is 1.17. The number of hydrogen-bond acceptors (Lipinski definition) is 3. The third-order valence-electron chi connectivity index (χ3n) is 2.64. The van der Waals surface area contributed by atoms with E-state index in [4.69, 9.17) is 15.2 Å². The third-order valence-corrected chi connectivity index (χ3v) is 2.64. The van der Waals surface area contributed by atoms with Gasteiger partial charge in [-0.05, 0) is 6.42 Å². The Morgan fingerprint density at radius 2 is 2.00 bits per heavy atom. The minimum atomic E-state index is -0.975. The Morgan fingerprint density at radius 3 is 2.58 bits per heavy atom. The van der Waals surface area contributed by atoms with E-state index in [0.29, 0.717) is 26.1 Å². The van der Waals surface area contributed by atoms with Gasteiger partial charge in [-0.15, -0.1) is 0 Å². The van der Waals surface area contributed by atoms with Gasteiger partial charge in [-0.1, -0.05) is 0 Å². The minimum absolute atomic E-state index is 0.300. The molecule has 0 bridgehead atoms. The molecule has 1 spiro atoms. The molecule has 2 fully saturated rings. The lowest BCUT2D eigenvalue weighted by Gasteiger charge is -2.36. The molecule has 1 aliphatic heterocycles. The molecule has 0 aromatic heterocycles. The van der Waals surface area contributed by atoms with Crippen molar-refractivity contribution < 1.29 is 13.9 Å². The summed E-state index contributed by atoms with van der Waals surface area (Å²) in [6, 6.07) is -0.330. The first-order valence-electron chi connectivity index (χ1n) is 4.39. The molecule has 1 heterocycles. The van der Waals surface area contributed by atoms with Crippen LogP contribution in [0.1, 0.15) is 19.3 Å². The van der Waals surface area contributed by atoms with Crippen LogP contribution in [0.4, 0.5) is 4.39 Å². The molecule has 2 unspecified atom stereocenters. The molecule has 12 heavy (non-hydrogen) atoms. The third kappa shape index (κ3) is 1.34. The molecule has 2 rings (SSSR count). The molecule has 2 aliphatic rings. The summed E-state index contributed by atoms with van der Waals surface area (Å²) in [4.78, 5) is 0. The molecule has 0 aromatic carbocycles. The summed E-state index contributed by atoms with van der Waals surface area (Å²) in [5.41, 5.74) is 5.54. The zero-order valence-electron chi connectivity index (χ0n) is 6.96. The summed E-state index contributed by atoms with van der Waals surface area (Å²) in [5.74, 6) is -0.630. The van der Waals surface area contributed by atoms with Gasteiger partial charge in [0.25, 0.3) is 0 Å². The van der Waals surface area contributed by atoms with E-state index in [1.54, 1.807) is 0 Å². The summed E-state index contributed by atoms with van der Waals surface area (Å²) in [5, 5.41) is 0. The number of nitrogens with two attached hydrogens (primary N) is 1. The molecule has 2 N–H and O–H groups in total. The van der Waals surface area contributed by atoms with Crippen molar-refractivity contribution in [3.63, 3.8) is 0 Å². The van der Waals surface area contributed by atoms with Crippen LogP contribution >= 0.6 is 0 Å². The normalized spacial score (nSPS) is 40.5. The fraction of sp³-hybridized carbons (Fsp3) is 1.00. The quantitative estimate of drug-likeness (QED) is 0.585. The van der Waals surface area contributed by atoms with Crippen LogP contribution in [-0.2, 0) is 9.47 Å². The van der Waals surface area contributed by atoms with E-state index in [-0.39, 0.29) is 6.04 Å². The van der Waals surface area contributed by atoms with E-state index < -0.39 is 12.0 Å². The second-order valence-electron chi connectivity index (χ2n) is 3.53. The average molecular weight is 175 g/mol. The number of ether oxygens (including phenoxy) is 2. The van der Waals surface area contributed by atoms with Gasteiger partial charge in [0.1, 0.15) is 6.17 Å². The highest BCUT2D eigenvalue weighted by Crippen LogP contribution is 2.36. The van der Waals surface area contributed by atoms with Gasteiger partial charge in [0.15, 0.2) is 5.79 Å². The van der Waals surface area contributed by atoms with Gasteiger partial charge in [-0.2, -0.15) is 0 Å². The lowest BCUT2D eigenvalue weighted by atomic mass is 9.89. The molecule has 1 aliphatic carbocycles. The van der Waals surface area contributed by atoms with Gasteiger partial charge in [0.05, 0.1) is 13.2 Å². The largest absolute Gasteiger partial charge is 0.347 e. The smallest absolute Gasteiger partial charge is 0.171 e. The maximum absolute atomic E-state index is 13.2. The van der Waals surface area contributed by atoms with Crippen LogP contribution in [0, 0.1) is 0 Å². The zero-order chi connectivity index (χ0) is 8.60. The molecule has 1 saturated carbocycles. The molecular formula is C8H14FNO2. The van der Waals surface area contributed by atoms with E-state index in [1.165, 1.54) is 0 Å². The van der Waals surface area contributed by atoms with Crippen molar-refractivity contribution in [1.82, 2.24) is 0 Å². The molecule has 3 nitrogen and oxygen atoms in total. The Kier molecular flexibility index (Phi) is 2.06. The Labute approximate surface area is 71.0 Å². The molecule has 0 amide bonds. The molecule has 0 aromatic rings. The number of halogens is 1. The van der Waals surface area contributed by atoms with Crippen molar-refractivity contribution in [2.75, 3.05) is 13.2 Å². The van der Waals surface area contributed by atoms with Crippen molar-refractivity contribution in [3.05, 3.63) is 0 Å². The van der Waals surface area contributed by atoms with E-state index in [0.717, 1.165) is 6.42 Å². The Balaban J connectivity index is 2.01. The number of alkyl halides is 1. The van der Waals surface area contributed by atoms with E-state index in [1.807, 2.05) is 0 Å². The van der Waals surface area contributed by atoms with Crippen LogP contribution in [0.15, 0.2) is 0 Å². The summed E-state index contributed by atoms with van der Waals surface area (Å²) in [7, 11) is 0. The van der Waals surface area contributed by atoms with Crippen LogP contribution in [0.5, 0.6) is 0 Å². The van der Waals surface area contributed by atoms with Crippen LogP contribution in [0.3, 0.4) is 0 Å². The first kappa shape index (κ1) is 8.41. The highest BCUT2D eigenvalue weighted by Gasteiger charge is 2.44. The summed E-state index contributed by atoms with van der Waals surface area (Å²) < 4.78 is 24.0. The fourth-order valence-corrected chi connectivity index (χ4v) is 1.88. The van der Waals surface area contributed by atoms with E-state index in [9.17, 15) is 4.39 Å². The standard InChI is InChI=1S/C8H14FNO2/c9-6-5-8(2-1-7(6)10)11-3-4-12-8/h6-7H,1-5,10H2. The lowest BCUT2D eigenvalue weighted by Crippen LogP contribution is -2.47. The minimum Gasteiger partial charge on any atom is -0.347 e.